The highest BCUT2D eigenvalue weighted by molar-refractivity contribution is 5.75. The van der Waals surface area contributed by atoms with Gasteiger partial charge in [0.15, 0.2) is 0 Å². The molecule has 1 atom stereocenters. The third-order valence-corrected chi connectivity index (χ3v) is 14.9. The van der Waals surface area contributed by atoms with Crippen LogP contribution in [0.2, 0.25) is 0 Å². The van der Waals surface area contributed by atoms with Crippen LogP contribution in [0.15, 0.2) is 5.11 Å². The number of hydrogen-bond acceptors (Lipinski definition) is 27. The monoisotopic (exact) mass is 1510 g/mol. The Balaban J connectivity index is 3.18. The Morgan fingerprint density at radius 1 is 0.260 bits per heavy atom. The Hall–Kier alpha value is -3.20. The summed E-state index contributed by atoms with van der Waals surface area (Å²) in [7, 11) is 0. The fourth-order valence-corrected chi connectivity index (χ4v) is 9.30. The van der Waals surface area contributed by atoms with Crippen LogP contribution in [-0.4, -0.2) is 345 Å². The van der Waals surface area contributed by atoms with E-state index < -0.39 is 11.9 Å². The molecule has 0 aromatic heterocycles. The molecule has 0 saturated heterocycles. The van der Waals surface area contributed by atoms with Gasteiger partial charge < -0.3 is 124 Å². The van der Waals surface area contributed by atoms with Gasteiger partial charge >= 0.3 is 11.9 Å². The van der Waals surface area contributed by atoms with E-state index in [2.05, 4.69) is 15.3 Å². The number of carboxylic acids is 2. The minimum atomic E-state index is -0.724. The van der Waals surface area contributed by atoms with E-state index in [9.17, 15) is 19.5 Å². The maximum absolute atomic E-state index is 12.2. The quantitative estimate of drug-likeness (QED) is 0.0231. The van der Waals surface area contributed by atoms with Gasteiger partial charge in [-0.05, 0) is 31.2 Å². The molecule has 0 aliphatic heterocycles. The molecule has 0 bridgehead atoms. The molecule has 0 aromatic rings. The Morgan fingerprint density at radius 3 is 0.644 bits per heavy atom. The van der Waals surface area contributed by atoms with E-state index in [1.807, 2.05) is 0 Å². The van der Waals surface area contributed by atoms with Gasteiger partial charge in [0.05, 0.1) is 310 Å². The zero-order valence-electron chi connectivity index (χ0n) is 63.5. The number of carbonyl (C=O) groups is 3. The molecule has 32 heteroatoms. The van der Waals surface area contributed by atoms with E-state index in [0.29, 0.717) is 323 Å². The average molecular weight is 1510 g/mol. The van der Waals surface area contributed by atoms with Gasteiger partial charge in [-0.25, -0.2) is 0 Å². The summed E-state index contributed by atoms with van der Waals surface area (Å²) in [4.78, 5) is 37.1. The van der Waals surface area contributed by atoms with E-state index in [-0.39, 0.29) is 18.2 Å². The van der Waals surface area contributed by atoms with Gasteiger partial charge in [-0.2, -0.15) is 0 Å². The second kappa shape index (κ2) is 92.2. The van der Waals surface area contributed by atoms with Crippen LogP contribution in [0.5, 0.6) is 0 Å². The molecular weight excluding hydrogens is 1370 g/mol. The van der Waals surface area contributed by atoms with E-state index in [4.69, 9.17) is 120 Å². The first kappa shape index (κ1) is 101. The molecule has 0 aromatic carbocycles. The summed E-state index contributed by atoms with van der Waals surface area (Å²) in [6.45, 7) is 22.4. The number of carboxylic acid groups (broad SMARTS) is 2. The lowest BCUT2D eigenvalue weighted by Gasteiger charge is -2.12. The van der Waals surface area contributed by atoms with E-state index in [1.165, 1.54) is 0 Å². The molecule has 0 fully saturated rings. The lowest BCUT2D eigenvalue weighted by Crippen LogP contribution is -2.27. The summed E-state index contributed by atoms with van der Waals surface area (Å²) in [6, 6.07) is 0. The standard InChI is InChI=1S/C72H140N4O28/c73-76-75-22-24-83-26-28-85-30-32-87-34-36-89-38-40-91-42-44-93-46-48-95-50-52-97-54-56-99-58-60-101-62-64-103-66-68-104-67-65-102-63-61-100-59-57-98-55-53-96-51-49-94-47-45-92-43-41-90-39-37-88-35-33-86-31-29-84-27-25-82-23-21-74-70(77)19-15-11-7-3-1-5-9-13-17-69(72(80)81)18-14-10-6-2-4-8-12-16-20-71(78)79/h69H,1-68H2,(H,74,77)(H,78,79)(H,80,81). The number of rotatable bonds is 95. The number of ether oxygens (including phenoxy) is 23. The molecule has 1 amide bonds. The molecule has 32 nitrogen and oxygen atoms in total. The molecule has 0 radical (unpaired) electrons. The SMILES string of the molecule is [N-]=[N+]=NCCOCCOCCOCCOCCOCCOCCOCCOCCOCCOCCOCCOCCOCCOCCOCCOCCOCCOCCOCCOCCOCCOCCOCCNC(=O)CCCCCCCCCCC(CCCCCCCCCCC(=O)O)C(=O)O. The Bertz CT molecular complexity index is 1760. The highest BCUT2D eigenvalue weighted by atomic mass is 16.6. The first-order valence-electron chi connectivity index (χ1n) is 38.5. The third kappa shape index (κ3) is 91.2. The fraction of sp³-hybridized carbons (Fsp3) is 0.958. The predicted molar refractivity (Wildman–Crippen MR) is 387 cm³/mol. The molecule has 3 N–H and O–H groups in total. The molecule has 0 heterocycles. The van der Waals surface area contributed by atoms with E-state index >= 15 is 0 Å². The number of nitrogens with zero attached hydrogens (tertiary/aromatic N) is 3. The Kier molecular flexibility index (Phi) is 89.3. The van der Waals surface area contributed by atoms with Crippen LogP contribution in [0.3, 0.4) is 0 Å². The first-order valence-corrected chi connectivity index (χ1v) is 38.5. The van der Waals surface area contributed by atoms with Gasteiger partial charge in [-0.15, -0.1) is 0 Å². The second-order valence-corrected chi connectivity index (χ2v) is 23.6. The maximum Gasteiger partial charge on any atom is 0.306 e. The Morgan fingerprint density at radius 2 is 0.442 bits per heavy atom. The van der Waals surface area contributed by atoms with Crippen LogP contribution in [0.25, 0.3) is 10.4 Å². The average Bonchev–Trinajstić information content (AvgIpc) is 1.15. The Labute approximate surface area is 621 Å². The van der Waals surface area contributed by atoms with Gasteiger partial charge in [0.25, 0.3) is 0 Å². The predicted octanol–water partition coefficient (Wildman–Crippen LogP) is 7.38. The van der Waals surface area contributed by atoms with Gasteiger partial charge in [0.2, 0.25) is 5.91 Å². The number of carbonyl (C=O) groups excluding carboxylic acids is 1. The number of nitrogens with one attached hydrogen (secondary N) is 1. The summed E-state index contributed by atoms with van der Waals surface area (Å²) in [6.07, 6.45) is 19.0. The van der Waals surface area contributed by atoms with E-state index in [1.54, 1.807) is 0 Å². The molecule has 0 saturated carbocycles. The fourth-order valence-electron chi connectivity index (χ4n) is 9.30. The van der Waals surface area contributed by atoms with Crippen molar-refractivity contribution < 1.29 is 134 Å². The van der Waals surface area contributed by atoms with Crippen LogP contribution in [0.4, 0.5) is 0 Å². The largest absolute Gasteiger partial charge is 0.481 e. The molecule has 0 spiro atoms. The lowest BCUT2D eigenvalue weighted by molar-refractivity contribution is -0.142. The second-order valence-electron chi connectivity index (χ2n) is 23.6. The summed E-state index contributed by atoms with van der Waals surface area (Å²) in [5.41, 5.74) is 8.18. The van der Waals surface area contributed by atoms with Crippen molar-refractivity contribution in [2.75, 3.05) is 317 Å². The van der Waals surface area contributed by atoms with Crippen molar-refractivity contribution in [1.29, 1.82) is 0 Å². The summed E-state index contributed by atoms with van der Waals surface area (Å²) < 4.78 is 127. The molecule has 0 rings (SSSR count). The van der Waals surface area contributed by atoms with Crippen molar-refractivity contribution in [3.05, 3.63) is 10.4 Å². The number of aliphatic carboxylic acids is 2. The van der Waals surface area contributed by atoms with Crippen molar-refractivity contribution in [1.82, 2.24) is 5.32 Å². The third-order valence-electron chi connectivity index (χ3n) is 14.9. The van der Waals surface area contributed by atoms with Gasteiger partial charge in [-0.3, -0.25) is 14.4 Å². The normalized spacial score (nSPS) is 11.8. The molecule has 104 heavy (non-hydrogen) atoms. The van der Waals surface area contributed by atoms with Gasteiger partial charge in [-0.1, -0.05) is 95.0 Å². The van der Waals surface area contributed by atoms with Gasteiger partial charge in [0, 0.05) is 30.8 Å². The smallest absolute Gasteiger partial charge is 0.306 e. The number of hydrogen-bond donors (Lipinski definition) is 3. The van der Waals surface area contributed by atoms with Crippen molar-refractivity contribution in [2.24, 2.45) is 11.0 Å². The van der Waals surface area contributed by atoms with Crippen LogP contribution in [-0.2, 0) is 123 Å². The summed E-state index contributed by atoms with van der Waals surface area (Å²) in [5, 5.41) is 24.6. The van der Waals surface area contributed by atoms with Crippen LogP contribution < -0.4 is 5.32 Å². The zero-order chi connectivity index (χ0) is 74.8. The van der Waals surface area contributed by atoms with E-state index in [0.717, 1.165) is 116 Å². The van der Waals surface area contributed by atoms with Gasteiger partial charge in [0.1, 0.15) is 0 Å². The minimum absolute atomic E-state index is 0.0508. The highest BCUT2D eigenvalue weighted by Gasteiger charge is 2.16. The number of amides is 1. The lowest BCUT2D eigenvalue weighted by atomic mass is 9.94. The van der Waals surface area contributed by atoms with Crippen molar-refractivity contribution in [3.8, 4) is 0 Å². The first-order chi connectivity index (χ1) is 51.5. The van der Waals surface area contributed by atoms with Crippen LogP contribution in [0, 0.1) is 5.92 Å². The minimum Gasteiger partial charge on any atom is -0.481 e. The molecule has 1 unspecified atom stereocenters. The maximum atomic E-state index is 12.2. The molecule has 0 aliphatic rings. The topological polar surface area (TPSA) is 365 Å². The molecular formula is C72H140N4O28. The van der Waals surface area contributed by atoms with Crippen LogP contribution in [0.1, 0.15) is 128 Å². The molecule has 0 aliphatic carbocycles. The van der Waals surface area contributed by atoms with Crippen molar-refractivity contribution in [2.45, 2.75) is 128 Å². The highest BCUT2D eigenvalue weighted by Crippen LogP contribution is 2.20. The van der Waals surface area contributed by atoms with Crippen molar-refractivity contribution >= 4 is 17.8 Å². The summed E-state index contributed by atoms with van der Waals surface area (Å²) in [5.74, 6) is -1.58. The molecule has 616 valence electrons. The number of unbranched alkanes of at least 4 members (excludes halogenated alkanes) is 14. The number of azide groups is 1. The zero-order valence-corrected chi connectivity index (χ0v) is 63.5. The van der Waals surface area contributed by atoms with Crippen molar-refractivity contribution in [3.63, 3.8) is 0 Å². The van der Waals surface area contributed by atoms with Crippen LogP contribution >= 0.6 is 0 Å². The summed E-state index contributed by atoms with van der Waals surface area (Å²) >= 11 is 0.